The van der Waals surface area contributed by atoms with Gasteiger partial charge in [0, 0.05) is 9.77 Å². The molecule has 0 bridgehead atoms. The van der Waals surface area contributed by atoms with E-state index in [9.17, 15) is 10.1 Å². The first-order valence-corrected chi connectivity index (χ1v) is 10.2. The van der Waals surface area contributed by atoms with Gasteiger partial charge in [0.05, 0.1) is 11.8 Å². The largest absolute Gasteiger partial charge is 0.331 e. The van der Waals surface area contributed by atoms with Gasteiger partial charge in [-0.25, -0.2) is 4.98 Å². The summed E-state index contributed by atoms with van der Waals surface area (Å²) in [5.41, 5.74) is 0.767. The van der Waals surface area contributed by atoms with Gasteiger partial charge in [0.15, 0.2) is 10.4 Å². The summed E-state index contributed by atoms with van der Waals surface area (Å²) >= 11 is 4.37. The Morgan fingerprint density at radius 1 is 1.32 bits per heavy atom. The molecule has 1 unspecified atom stereocenters. The molecule has 3 rings (SSSR count). The Kier molecular flexibility index (Phi) is 5.87. The Labute approximate surface area is 158 Å². The van der Waals surface area contributed by atoms with Crippen LogP contribution in [0.4, 0.5) is 0 Å². The number of rotatable bonds is 6. The number of aryl methyl sites for hydroxylation is 1. The summed E-state index contributed by atoms with van der Waals surface area (Å²) < 4.78 is 0.831. The first-order valence-electron chi connectivity index (χ1n) is 7.67. The van der Waals surface area contributed by atoms with Crippen LogP contribution in [0.15, 0.2) is 57.1 Å². The minimum absolute atomic E-state index is 0.241. The fraction of sp³-hybridized carbons (Fsp3) is 0.167. The highest BCUT2D eigenvalue weighted by Crippen LogP contribution is 2.33. The maximum atomic E-state index is 12.7. The Morgan fingerprint density at radius 2 is 2.12 bits per heavy atom. The first-order chi connectivity index (χ1) is 12.2. The molecule has 2 heterocycles. The van der Waals surface area contributed by atoms with Gasteiger partial charge in [-0.2, -0.15) is 5.26 Å². The van der Waals surface area contributed by atoms with E-state index in [0.29, 0.717) is 11.3 Å². The van der Waals surface area contributed by atoms with Crippen LogP contribution in [-0.4, -0.2) is 10.9 Å². The van der Waals surface area contributed by atoms with Crippen LogP contribution in [0, 0.1) is 11.3 Å². The van der Waals surface area contributed by atoms with E-state index in [2.05, 4.69) is 16.4 Å². The minimum atomic E-state index is -0.635. The molecule has 0 fully saturated rings. The van der Waals surface area contributed by atoms with Gasteiger partial charge in [0.1, 0.15) is 4.88 Å². The van der Waals surface area contributed by atoms with Crippen LogP contribution < -0.4 is 5.32 Å². The van der Waals surface area contributed by atoms with E-state index < -0.39 is 6.04 Å². The topological polar surface area (TPSA) is 65.8 Å². The van der Waals surface area contributed by atoms with Crippen molar-refractivity contribution >= 4 is 40.3 Å². The molecular weight excluding hydrogens is 370 g/mol. The van der Waals surface area contributed by atoms with Crippen LogP contribution in [-0.2, 0) is 6.42 Å². The van der Waals surface area contributed by atoms with Gasteiger partial charge >= 0.3 is 0 Å². The number of thiophene rings is 1. The van der Waals surface area contributed by atoms with Gasteiger partial charge in [-0.1, -0.05) is 43.0 Å². The van der Waals surface area contributed by atoms with E-state index in [4.69, 9.17) is 0 Å². The normalized spacial score (nSPS) is 11.7. The molecule has 25 heavy (non-hydrogen) atoms. The maximum Gasteiger partial charge on any atom is 0.264 e. The molecule has 3 aromatic rings. The van der Waals surface area contributed by atoms with Crippen LogP contribution in [0.25, 0.3) is 0 Å². The number of benzene rings is 1. The minimum Gasteiger partial charge on any atom is -0.331 e. The highest BCUT2D eigenvalue weighted by Gasteiger charge is 2.21. The number of hydrogen-bond donors (Lipinski definition) is 1. The summed E-state index contributed by atoms with van der Waals surface area (Å²) in [5, 5.41) is 14.0. The van der Waals surface area contributed by atoms with Crippen LogP contribution in [0.1, 0.15) is 33.2 Å². The van der Waals surface area contributed by atoms with Gasteiger partial charge < -0.3 is 5.32 Å². The molecule has 0 aliphatic carbocycles. The van der Waals surface area contributed by atoms with Gasteiger partial charge in [-0.3, -0.25) is 4.79 Å². The second kappa shape index (κ2) is 8.30. The zero-order chi connectivity index (χ0) is 17.6. The number of aromatic nitrogens is 1. The van der Waals surface area contributed by atoms with Crippen molar-refractivity contribution in [2.75, 3.05) is 0 Å². The number of nitriles is 1. The molecule has 1 N–H and O–H groups in total. The van der Waals surface area contributed by atoms with E-state index in [0.717, 1.165) is 19.8 Å². The van der Waals surface area contributed by atoms with Crippen LogP contribution in [0.2, 0.25) is 0 Å². The van der Waals surface area contributed by atoms with Gasteiger partial charge in [-0.15, -0.1) is 22.7 Å². The predicted molar refractivity (Wildman–Crippen MR) is 102 cm³/mol. The second-order valence-corrected chi connectivity index (χ2v) is 8.37. The van der Waals surface area contributed by atoms with Crippen molar-refractivity contribution in [1.82, 2.24) is 10.3 Å². The Morgan fingerprint density at radius 3 is 2.76 bits per heavy atom. The first kappa shape index (κ1) is 17.7. The molecule has 0 saturated heterocycles. The molecule has 0 aliphatic rings. The number of hydrogen-bond acceptors (Lipinski definition) is 6. The number of amides is 1. The molecule has 7 heteroatoms. The quantitative estimate of drug-likeness (QED) is 0.654. The molecule has 1 amide bonds. The van der Waals surface area contributed by atoms with Gasteiger partial charge in [-0.05, 0) is 30.0 Å². The van der Waals surface area contributed by atoms with Gasteiger partial charge in [0.25, 0.3) is 5.91 Å². The molecule has 2 aromatic heterocycles. The SMILES string of the molecule is CCc1nc(Sc2ccccc2)sc1C(=O)NC(C#N)c1cccs1. The van der Waals surface area contributed by atoms with Crippen molar-refractivity contribution in [2.24, 2.45) is 0 Å². The van der Waals surface area contributed by atoms with Crippen molar-refractivity contribution in [3.8, 4) is 6.07 Å². The summed E-state index contributed by atoms with van der Waals surface area (Å²) in [6, 6.07) is 15.2. The highest BCUT2D eigenvalue weighted by atomic mass is 32.2. The smallest absolute Gasteiger partial charge is 0.264 e. The van der Waals surface area contributed by atoms with E-state index in [-0.39, 0.29) is 5.91 Å². The summed E-state index contributed by atoms with van der Waals surface area (Å²) in [6.07, 6.45) is 0.671. The van der Waals surface area contributed by atoms with Crippen LogP contribution in [0.5, 0.6) is 0 Å². The van der Waals surface area contributed by atoms with E-state index >= 15 is 0 Å². The van der Waals surface area contributed by atoms with E-state index in [1.807, 2.05) is 54.8 Å². The lowest BCUT2D eigenvalue weighted by atomic mass is 10.2. The third-order valence-electron chi connectivity index (χ3n) is 3.40. The molecule has 0 saturated carbocycles. The summed E-state index contributed by atoms with van der Waals surface area (Å²) in [7, 11) is 0. The number of carbonyl (C=O) groups is 1. The van der Waals surface area contributed by atoms with E-state index in [1.54, 1.807) is 11.8 Å². The standard InChI is InChI=1S/C18H15N3OS3/c1-2-13-16(17(22)20-14(11-19)15-9-6-10-23-15)25-18(21-13)24-12-7-4-3-5-8-12/h3-10,14H,2H2,1H3,(H,20,22). The lowest BCUT2D eigenvalue weighted by Gasteiger charge is -2.09. The third kappa shape index (κ3) is 4.28. The second-order valence-electron chi connectivity index (χ2n) is 5.08. The molecule has 0 spiro atoms. The maximum absolute atomic E-state index is 12.7. The molecular formula is C18H15N3OS3. The van der Waals surface area contributed by atoms with Crippen molar-refractivity contribution in [1.29, 1.82) is 5.26 Å². The average Bonchev–Trinajstić information content (AvgIpc) is 3.30. The van der Waals surface area contributed by atoms with Crippen molar-refractivity contribution in [3.05, 3.63) is 63.3 Å². The molecule has 1 atom stereocenters. The third-order valence-corrected chi connectivity index (χ3v) is 6.50. The molecule has 0 radical (unpaired) electrons. The Hall–Kier alpha value is -2.14. The van der Waals surface area contributed by atoms with Crippen molar-refractivity contribution in [2.45, 2.75) is 28.6 Å². The zero-order valence-electron chi connectivity index (χ0n) is 13.4. The predicted octanol–water partition coefficient (Wildman–Crippen LogP) is 4.91. The molecule has 4 nitrogen and oxygen atoms in total. The number of nitrogens with zero attached hydrogens (tertiary/aromatic N) is 2. The summed E-state index contributed by atoms with van der Waals surface area (Å²) in [5.74, 6) is -0.241. The summed E-state index contributed by atoms with van der Waals surface area (Å²) in [6.45, 7) is 1.98. The molecule has 1 aromatic carbocycles. The average molecular weight is 386 g/mol. The van der Waals surface area contributed by atoms with Gasteiger partial charge in [0.2, 0.25) is 0 Å². The lowest BCUT2D eigenvalue weighted by molar-refractivity contribution is 0.0948. The molecule has 0 aliphatic heterocycles. The highest BCUT2D eigenvalue weighted by molar-refractivity contribution is 8.01. The van der Waals surface area contributed by atoms with E-state index in [1.165, 1.54) is 22.7 Å². The van der Waals surface area contributed by atoms with Crippen molar-refractivity contribution in [3.63, 3.8) is 0 Å². The fourth-order valence-corrected chi connectivity index (χ4v) is 5.06. The fourth-order valence-electron chi connectivity index (χ4n) is 2.20. The van der Waals surface area contributed by atoms with Crippen molar-refractivity contribution < 1.29 is 4.79 Å². The Balaban J connectivity index is 1.79. The molecule has 126 valence electrons. The zero-order valence-corrected chi connectivity index (χ0v) is 15.9. The van der Waals surface area contributed by atoms with Crippen LogP contribution in [0.3, 0.4) is 0 Å². The lowest BCUT2D eigenvalue weighted by Crippen LogP contribution is -2.27. The Bertz CT molecular complexity index is 882. The number of nitrogens with one attached hydrogen (secondary N) is 1. The monoisotopic (exact) mass is 385 g/mol. The number of thiazole rings is 1. The van der Waals surface area contributed by atoms with Crippen LogP contribution >= 0.6 is 34.4 Å². The number of carbonyl (C=O) groups excluding carboxylic acids is 1. The summed E-state index contributed by atoms with van der Waals surface area (Å²) in [4.78, 5) is 19.7.